The molecule has 0 spiro atoms. The Morgan fingerprint density at radius 2 is 1.89 bits per heavy atom. The Hall–Kier alpha value is -1.84. The van der Waals surface area contributed by atoms with Crippen molar-refractivity contribution in [2.24, 2.45) is 0 Å². The Labute approximate surface area is 106 Å². The topological polar surface area (TPSA) is 57.6 Å². The van der Waals surface area contributed by atoms with Crippen LogP contribution >= 0.6 is 0 Å². The molecule has 0 bridgehead atoms. The summed E-state index contributed by atoms with van der Waals surface area (Å²) >= 11 is 0. The van der Waals surface area contributed by atoms with E-state index in [0.29, 0.717) is 13.1 Å². The molecule has 0 atom stereocenters. The maximum absolute atomic E-state index is 11.9. The van der Waals surface area contributed by atoms with Gasteiger partial charge in [-0.1, -0.05) is 24.3 Å². The summed E-state index contributed by atoms with van der Waals surface area (Å²) in [7, 11) is 0. The van der Waals surface area contributed by atoms with E-state index in [0.717, 1.165) is 12.8 Å². The van der Waals surface area contributed by atoms with Gasteiger partial charge in [-0.3, -0.25) is 9.59 Å². The van der Waals surface area contributed by atoms with Gasteiger partial charge in [-0.15, -0.1) is 0 Å². The number of nitrogens with zero attached hydrogens (tertiary/aromatic N) is 1. The van der Waals surface area contributed by atoms with Crippen LogP contribution in [-0.2, 0) is 22.6 Å². The summed E-state index contributed by atoms with van der Waals surface area (Å²) < 4.78 is 0. The Morgan fingerprint density at radius 3 is 2.61 bits per heavy atom. The van der Waals surface area contributed by atoms with Crippen molar-refractivity contribution in [2.75, 3.05) is 6.54 Å². The van der Waals surface area contributed by atoms with Crippen molar-refractivity contribution >= 4 is 11.9 Å². The number of hydrogen-bond donors (Lipinski definition) is 1. The number of carbonyl (C=O) groups excluding carboxylic acids is 1. The average Bonchev–Trinajstić information content (AvgIpc) is 2.57. The van der Waals surface area contributed by atoms with Gasteiger partial charge in [0.15, 0.2) is 0 Å². The molecule has 0 aromatic heterocycles. The maximum atomic E-state index is 11.9. The van der Waals surface area contributed by atoms with E-state index in [-0.39, 0.29) is 18.7 Å². The molecule has 0 aliphatic carbocycles. The van der Waals surface area contributed by atoms with E-state index in [1.54, 1.807) is 4.90 Å². The fraction of sp³-hybridized carbons (Fsp3) is 0.429. The van der Waals surface area contributed by atoms with Gasteiger partial charge >= 0.3 is 5.97 Å². The molecule has 1 heterocycles. The highest BCUT2D eigenvalue weighted by molar-refractivity contribution is 5.80. The molecule has 96 valence electrons. The third-order valence-electron chi connectivity index (χ3n) is 3.26. The van der Waals surface area contributed by atoms with Crippen LogP contribution < -0.4 is 0 Å². The largest absolute Gasteiger partial charge is 0.481 e. The van der Waals surface area contributed by atoms with Crippen LogP contribution in [0.2, 0.25) is 0 Å². The van der Waals surface area contributed by atoms with Crippen molar-refractivity contribution < 1.29 is 14.7 Å². The predicted molar refractivity (Wildman–Crippen MR) is 67.0 cm³/mol. The highest BCUT2D eigenvalue weighted by Gasteiger charge is 2.18. The maximum Gasteiger partial charge on any atom is 0.303 e. The molecule has 4 nitrogen and oxygen atoms in total. The Bertz CT molecular complexity index is 456. The molecule has 4 heteroatoms. The lowest BCUT2D eigenvalue weighted by Gasteiger charge is -2.20. The molecule has 0 saturated carbocycles. The van der Waals surface area contributed by atoms with Gasteiger partial charge in [0.1, 0.15) is 0 Å². The summed E-state index contributed by atoms with van der Waals surface area (Å²) in [6.07, 6.45) is 1.93. The lowest BCUT2D eigenvalue weighted by molar-refractivity contribution is -0.141. The summed E-state index contributed by atoms with van der Waals surface area (Å²) in [5, 5.41) is 8.60. The van der Waals surface area contributed by atoms with Gasteiger partial charge in [0.2, 0.25) is 5.91 Å². The van der Waals surface area contributed by atoms with E-state index < -0.39 is 5.97 Å². The van der Waals surface area contributed by atoms with Crippen molar-refractivity contribution in [3.05, 3.63) is 35.4 Å². The molecule has 1 amide bonds. The molecule has 1 aliphatic rings. The van der Waals surface area contributed by atoms with E-state index in [1.807, 2.05) is 18.2 Å². The van der Waals surface area contributed by atoms with Gasteiger partial charge in [-0.25, -0.2) is 0 Å². The molecule has 0 radical (unpaired) electrons. The van der Waals surface area contributed by atoms with Gasteiger partial charge < -0.3 is 10.0 Å². The average molecular weight is 247 g/mol. The van der Waals surface area contributed by atoms with Crippen molar-refractivity contribution in [2.45, 2.75) is 32.2 Å². The fourth-order valence-corrected chi connectivity index (χ4v) is 2.29. The number of carbonyl (C=O) groups is 2. The summed E-state index contributed by atoms with van der Waals surface area (Å²) in [5.41, 5.74) is 2.48. The first kappa shape index (κ1) is 12.6. The summed E-state index contributed by atoms with van der Waals surface area (Å²) in [4.78, 5) is 24.2. The Balaban J connectivity index is 2.03. The number of amides is 1. The second-order valence-electron chi connectivity index (χ2n) is 4.58. The van der Waals surface area contributed by atoms with E-state index in [9.17, 15) is 9.59 Å². The van der Waals surface area contributed by atoms with Crippen LogP contribution in [0.4, 0.5) is 0 Å². The molecule has 1 aliphatic heterocycles. The molecular weight excluding hydrogens is 230 g/mol. The Morgan fingerprint density at radius 1 is 1.17 bits per heavy atom. The summed E-state index contributed by atoms with van der Waals surface area (Å²) in [6, 6.07) is 8.13. The molecule has 0 saturated heterocycles. The number of carboxylic acids is 1. The van der Waals surface area contributed by atoms with Crippen molar-refractivity contribution in [3.63, 3.8) is 0 Å². The molecule has 2 rings (SSSR count). The van der Waals surface area contributed by atoms with Crippen LogP contribution in [0.3, 0.4) is 0 Å². The van der Waals surface area contributed by atoms with E-state index >= 15 is 0 Å². The van der Waals surface area contributed by atoms with Gasteiger partial charge in [0, 0.05) is 19.5 Å². The van der Waals surface area contributed by atoms with Crippen LogP contribution in [0.5, 0.6) is 0 Å². The normalized spacial score (nSPS) is 14.8. The second kappa shape index (κ2) is 5.67. The van der Waals surface area contributed by atoms with E-state index in [4.69, 9.17) is 5.11 Å². The van der Waals surface area contributed by atoms with Crippen LogP contribution in [0.15, 0.2) is 24.3 Å². The standard InChI is InChI=1S/C14H17NO3/c16-13(7-8-14(17)18)15-9-3-6-11-4-1-2-5-12(11)10-15/h1-2,4-5H,3,6-10H2,(H,17,18). The number of benzene rings is 1. The predicted octanol–water partition coefficient (Wildman–Crippen LogP) is 1.83. The number of hydrogen-bond acceptors (Lipinski definition) is 2. The highest BCUT2D eigenvalue weighted by Crippen LogP contribution is 2.19. The lowest BCUT2D eigenvalue weighted by atomic mass is 10.0. The van der Waals surface area contributed by atoms with Gasteiger partial charge in [0.05, 0.1) is 6.42 Å². The summed E-state index contributed by atoms with van der Waals surface area (Å²) in [5.74, 6) is -0.979. The quantitative estimate of drug-likeness (QED) is 0.886. The first-order valence-corrected chi connectivity index (χ1v) is 6.23. The van der Waals surface area contributed by atoms with Crippen molar-refractivity contribution in [1.82, 2.24) is 4.90 Å². The third-order valence-corrected chi connectivity index (χ3v) is 3.26. The van der Waals surface area contributed by atoms with Crippen molar-refractivity contribution in [3.8, 4) is 0 Å². The van der Waals surface area contributed by atoms with Gasteiger partial charge in [0.25, 0.3) is 0 Å². The first-order chi connectivity index (χ1) is 8.66. The molecule has 1 aromatic rings. The number of fused-ring (bicyclic) bond motifs is 1. The number of aliphatic carboxylic acids is 1. The molecule has 0 fully saturated rings. The number of aryl methyl sites for hydroxylation is 1. The molecular formula is C14H17NO3. The minimum absolute atomic E-state index is 0.0610. The van der Waals surface area contributed by atoms with E-state index in [1.165, 1.54) is 11.1 Å². The first-order valence-electron chi connectivity index (χ1n) is 6.23. The minimum Gasteiger partial charge on any atom is -0.481 e. The van der Waals surface area contributed by atoms with Gasteiger partial charge in [-0.05, 0) is 24.0 Å². The highest BCUT2D eigenvalue weighted by atomic mass is 16.4. The monoisotopic (exact) mass is 247 g/mol. The Kier molecular flexibility index (Phi) is 3.97. The van der Waals surface area contributed by atoms with Crippen molar-refractivity contribution in [1.29, 1.82) is 0 Å². The van der Waals surface area contributed by atoms with E-state index in [2.05, 4.69) is 6.07 Å². The molecule has 1 N–H and O–H groups in total. The summed E-state index contributed by atoms with van der Waals surface area (Å²) in [6.45, 7) is 1.32. The van der Waals surface area contributed by atoms with Crippen LogP contribution in [0.25, 0.3) is 0 Å². The lowest BCUT2D eigenvalue weighted by Crippen LogP contribution is -2.30. The SMILES string of the molecule is O=C(O)CCC(=O)N1CCCc2ccccc2C1. The number of carboxylic acid groups (broad SMARTS) is 1. The zero-order chi connectivity index (χ0) is 13.0. The molecule has 0 unspecified atom stereocenters. The number of rotatable bonds is 3. The third kappa shape index (κ3) is 3.09. The van der Waals surface area contributed by atoms with Gasteiger partial charge in [-0.2, -0.15) is 0 Å². The zero-order valence-corrected chi connectivity index (χ0v) is 10.3. The zero-order valence-electron chi connectivity index (χ0n) is 10.3. The minimum atomic E-state index is -0.918. The van der Waals surface area contributed by atoms with Crippen LogP contribution in [0, 0.1) is 0 Å². The fourth-order valence-electron chi connectivity index (χ4n) is 2.29. The second-order valence-corrected chi connectivity index (χ2v) is 4.58. The molecule has 1 aromatic carbocycles. The molecule has 18 heavy (non-hydrogen) atoms. The van der Waals surface area contributed by atoms with Crippen LogP contribution in [-0.4, -0.2) is 28.4 Å². The smallest absolute Gasteiger partial charge is 0.303 e. The van der Waals surface area contributed by atoms with Crippen LogP contribution in [0.1, 0.15) is 30.4 Å².